The van der Waals surface area contributed by atoms with Gasteiger partial charge in [0, 0.05) is 17.6 Å². The molecule has 0 radical (unpaired) electrons. The van der Waals surface area contributed by atoms with E-state index in [4.69, 9.17) is 4.74 Å². The minimum absolute atomic E-state index is 0.601. The molecule has 1 fully saturated rings. The van der Waals surface area contributed by atoms with Crippen molar-refractivity contribution in [1.82, 2.24) is 9.78 Å². The molecule has 3 nitrogen and oxygen atoms in total. The van der Waals surface area contributed by atoms with E-state index in [1.165, 1.54) is 23.8 Å². The minimum Gasteiger partial charge on any atom is -0.496 e. The van der Waals surface area contributed by atoms with E-state index in [-0.39, 0.29) is 0 Å². The molecule has 0 saturated heterocycles. The molecule has 90 valence electrons. The van der Waals surface area contributed by atoms with Gasteiger partial charge in [-0.25, -0.2) is 0 Å². The van der Waals surface area contributed by atoms with Crippen LogP contribution in [0.1, 0.15) is 31.4 Å². The smallest absolute Gasteiger partial charge is 0.124 e. The van der Waals surface area contributed by atoms with E-state index in [1.54, 1.807) is 7.11 Å². The highest BCUT2D eigenvalue weighted by molar-refractivity contribution is 5.81. The largest absolute Gasteiger partial charge is 0.496 e. The number of ether oxygens (including phenoxy) is 1. The summed E-state index contributed by atoms with van der Waals surface area (Å²) in [6.07, 6.45) is 4.67. The predicted molar refractivity (Wildman–Crippen MR) is 68.5 cm³/mol. The maximum absolute atomic E-state index is 5.33. The first-order valence-electron chi connectivity index (χ1n) is 6.21. The van der Waals surface area contributed by atoms with Crippen molar-refractivity contribution in [1.29, 1.82) is 0 Å². The van der Waals surface area contributed by atoms with Gasteiger partial charge in [0.1, 0.15) is 5.75 Å². The summed E-state index contributed by atoms with van der Waals surface area (Å²) < 4.78 is 7.46. The van der Waals surface area contributed by atoms with Gasteiger partial charge in [-0.3, -0.25) is 4.68 Å². The number of fused-ring (bicyclic) bond motifs is 1. The molecule has 17 heavy (non-hydrogen) atoms. The summed E-state index contributed by atoms with van der Waals surface area (Å²) in [7, 11) is 1.71. The fourth-order valence-corrected chi connectivity index (χ4v) is 2.67. The van der Waals surface area contributed by atoms with Gasteiger partial charge in [-0.05, 0) is 37.3 Å². The van der Waals surface area contributed by atoms with Gasteiger partial charge in [0.25, 0.3) is 0 Å². The summed E-state index contributed by atoms with van der Waals surface area (Å²) in [4.78, 5) is 0. The number of hydrogen-bond acceptors (Lipinski definition) is 2. The normalized spacial score (nSPS) is 23.7. The van der Waals surface area contributed by atoms with Gasteiger partial charge >= 0.3 is 0 Å². The second-order valence-electron chi connectivity index (χ2n) is 5.22. The molecular formula is C14H18N2O. The van der Waals surface area contributed by atoms with Gasteiger partial charge in [-0.15, -0.1) is 0 Å². The van der Waals surface area contributed by atoms with Crippen molar-refractivity contribution in [2.45, 2.75) is 32.7 Å². The van der Waals surface area contributed by atoms with Gasteiger partial charge in [0.15, 0.2) is 0 Å². The summed E-state index contributed by atoms with van der Waals surface area (Å²) in [6, 6.07) is 4.78. The van der Waals surface area contributed by atoms with E-state index in [2.05, 4.69) is 35.9 Å². The Balaban J connectivity index is 2.01. The zero-order chi connectivity index (χ0) is 12.0. The average Bonchev–Trinajstić information content (AvgIpc) is 2.65. The Kier molecular flexibility index (Phi) is 2.35. The molecule has 1 saturated carbocycles. The Morgan fingerprint density at radius 3 is 2.76 bits per heavy atom. The number of benzene rings is 1. The van der Waals surface area contributed by atoms with Gasteiger partial charge in [0.2, 0.25) is 0 Å². The second kappa shape index (κ2) is 3.76. The van der Waals surface area contributed by atoms with Crippen molar-refractivity contribution in [3.8, 4) is 5.75 Å². The number of rotatable bonds is 2. The van der Waals surface area contributed by atoms with E-state index in [0.29, 0.717) is 6.04 Å². The number of hydrogen-bond donors (Lipinski definition) is 0. The monoisotopic (exact) mass is 230 g/mol. The van der Waals surface area contributed by atoms with E-state index in [0.717, 1.165) is 17.2 Å². The van der Waals surface area contributed by atoms with Crippen molar-refractivity contribution in [3.63, 3.8) is 0 Å². The fourth-order valence-electron chi connectivity index (χ4n) is 2.67. The van der Waals surface area contributed by atoms with E-state index >= 15 is 0 Å². The molecule has 0 bridgehead atoms. The fraction of sp³-hybridized carbons (Fsp3) is 0.500. The Morgan fingerprint density at radius 1 is 1.35 bits per heavy atom. The summed E-state index contributed by atoms with van der Waals surface area (Å²) in [6.45, 7) is 4.37. The maximum Gasteiger partial charge on any atom is 0.124 e. The molecule has 3 heteroatoms. The Labute approximate surface area is 101 Å². The zero-order valence-electron chi connectivity index (χ0n) is 10.6. The lowest BCUT2D eigenvalue weighted by molar-refractivity contribution is 0.201. The Morgan fingerprint density at radius 2 is 2.12 bits per heavy atom. The van der Waals surface area contributed by atoms with Crippen molar-refractivity contribution in [3.05, 3.63) is 23.9 Å². The number of aromatic nitrogens is 2. The lowest BCUT2D eigenvalue weighted by Crippen LogP contribution is -2.24. The molecular weight excluding hydrogens is 212 g/mol. The zero-order valence-corrected chi connectivity index (χ0v) is 10.6. The summed E-state index contributed by atoms with van der Waals surface area (Å²) >= 11 is 0. The lowest BCUT2D eigenvalue weighted by atomic mass is 9.82. The van der Waals surface area contributed by atoms with Crippen LogP contribution < -0.4 is 4.74 Å². The molecule has 1 aliphatic carbocycles. The molecule has 0 spiro atoms. The van der Waals surface area contributed by atoms with Crippen LogP contribution in [0.4, 0.5) is 0 Å². The number of methoxy groups -OCH3 is 1. The molecule has 1 aliphatic rings. The highest BCUT2D eigenvalue weighted by Crippen LogP contribution is 2.37. The summed E-state index contributed by atoms with van der Waals surface area (Å²) in [5.41, 5.74) is 2.20. The van der Waals surface area contributed by atoms with Crippen molar-refractivity contribution < 1.29 is 4.74 Å². The standard InChI is InChI=1S/C14H18N2O/c1-9-4-12(5-9)16-8-11-6-10(2)14(17-3)7-13(11)15-16/h6-9,12H,4-5H2,1-3H3. The molecule has 0 amide bonds. The topological polar surface area (TPSA) is 27.1 Å². The van der Waals surface area contributed by atoms with Crippen LogP contribution >= 0.6 is 0 Å². The molecule has 2 aromatic rings. The van der Waals surface area contributed by atoms with Crippen molar-refractivity contribution in [2.24, 2.45) is 5.92 Å². The Bertz CT molecular complexity index is 553. The minimum atomic E-state index is 0.601. The van der Waals surface area contributed by atoms with Crippen molar-refractivity contribution in [2.75, 3.05) is 7.11 Å². The first kappa shape index (κ1) is 10.6. The molecule has 0 aliphatic heterocycles. The summed E-state index contributed by atoms with van der Waals surface area (Å²) in [5.74, 6) is 1.77. The van der Waals surface area contributed by atoms with Crippen LogP contribution in [0.5, 0.6) is 5.75 Å². The van der Waals surface area contributed by atoms with Crippen molar-refractivity contribution >= 4 is 10.9 Å². The molecule has 1 aromatic heterocycles. The molecule has 0 unspecified atom stereocenters. The van der Waals surface area contributed by atoms with E-state index in [1.807, 2.05) is 6.07 Å². The Hall–Kier alpha value is -1.51. The van der Waals surface area contributed by atoms with Crippen LogP contribution in [-0.2, 0) is 0 Å². The molecule has 0 N–H and O–H groups in total. The highest BCUT2D eigenvalue weighted by atomic mass is 16.5. The molecule has 1 aromatic carbocycles. The highest BCUT2D eigenvalue weighted by Gasteiger charge is 2.27. The van der Waals surface area contributed by atoms with Gasteiger partial charge in [-0.1, -0.05) is 6.92 Å². The summed E-state index contributed by atoms with van der Waals surface area (Å²) in [5, 5.41) is 5.87. The van der Waals surface area contributed by atoms with Crippen LogP contribution in [0.25, 0.3) is 10.9 Å². The van der Waals surface area contributed by atoms with Crippen LogP contribution in [0.2, 0.25) is 0 Å². The van der Waals surface area contributed by atoms with Gasteiger partial charge in [0.05, 0.1) is 18.7 Å². The third-order valence-electron chi connectivity index (χ3n) is 3.76. The molecule has 0 atom stereocenters. The first-order valence-corrected chi connectivity index (χ1v) is 6.21. The van der Waals surface area contributed by atoms with Crippen LogP contribution in [-0.4, -0.2) is 16.9 Å². The maximum atomic E-state index is 5.33. The van der Waals surface area contributed by atoms with Crippen LogP contribution in [0.3, 0.4) is 0 Å². The third kappa shape index (κ3) is 1.70. The van der Waals surface area contributed by atoms with Gasteiger partial charge in [-0.2, -0.15) is 5.10 Å². The first-order chi connectivity index (χ1) is 8.17. The van der Waals surface area contributed by atoms with Gasteiger partial charge < -0.3 is 4.74 Å². The van der Waals surface area contributed by atoms with E-state index < -0.39 is 0 Å². The number of aryl methyl sites for hydroxylation is 1. The average molecular weight is 230 g/mol. The SMILES string of the molecule is COc1cc2nn(C3CC(C)C3)cc2cc1C. The van der Waals surface area contributed by atoms with Crippen LogP contribution in [0.15, 0.2) is 18.3 Å². The number of nitrogens with zero attached hydrogens (tertiary/aromatic N) is 2. The van der Waals surface area contributed by atoms with E-state index in [9.17, 15) is 0 Å². The predicted octanol–water partition coefficient (Wildman–Crippen LogP) is 3.32. The van der Waals surface area contributed by atoms with Crippen LogP contribution in [0, 0.1) is 12.8 Å². The molecule has 1 heterocycles. The molecule has 3 rings (SSSR count). The lowest BCUT2D eigenvalue weighted by Gasteiger charge is -2.32. The quantitative estimate of drug-likeness (QED) is 0.791. The third-order valence-corrected chi connectivity index (χ3v) is 3.76. The second-order valence-corrected chi connectivity index (χ2v) is 5.22.